The van der Waals surface area contributed by atoms with Crippen LogP contribution < -0.4 is 10.2 Å². The number of amides is 1. The van der Waals surface area contributed by atoms with Gasteiger partial charge in [-0.15, -0.1) is 5.10 Å². The van der Waals surface area contributed by atoms with Crippen molar-refractivity contribution in [2.24, 2.45) is 0 Å². The van der Waals surface area contributed by atoms with Crippen LogP contribution in [-0.4, -0.2) is 58.5 Å². The van der Waals surface area contributed by atoms with Gasteiger partial charge in [-0.3, -0.25) is 4.79 Å². The topological polar surface area (TPSA) is 66.3 Å². The van der Waals surface area contributed by atoms with Crippen molar-refractivity contribution in [1.82, 2.24) is 25.2 Å². The molecule has 2 aliphatic heterocycles. The Morgan fingerprint density at radius 1 is 1.23 bits per heavy atom. The van der Waals surface area contributed by atoms with Crippen LogP contribution in [0.3, 0.4) is 0 Å². The van der Waals surface area contributed by atoms with Crippen LogP contribution in [0.25, 0.3) is 0 Å². The van der Waals surface area contributed by atoms with E-state index in [1.54, 1.807) is 0 Å². The van der Waals surface area contributed by atoms with Gasteiger partial charge in [0.1, 0.15) is 0 Å². The summed E-state index contributed by atoms with van der Waals surface area (Å²) in [5, 5.41) is 11.8. The van der Waals surface area contributed by atoms with Gasteiger partial charge in [0, 0.05) is 31.9 Å². The van der Waals surface area contributed by atoms with Crippen LogP contribution in [-0.2, 0) is 6.54 Å². The van der Waals surface area contributed by atoms with Gasteiger partial charge in [0.05, 0.1) is 12.2 Å². The fraction of sp³-hybridized carbons (Fsp3) is 0.526. The van der Waals surface area contributed by atoms with Gasteiger partial charge in [0.25, 0.3) is 5.91 Å². The number of carbonyl (C=O) groups is 1. The van der Waals surface area contributed by atoms with Crippen LogP contribution in [0.5, 0.6) is 0 Å². The summed E-state index contributed by atoms with van der Waals surface area (Å²) in [6.07, 6.45) is 3.87. The Kier molecular flexibility index (Phi) is 4.63. The first kappa shape index (κ1) is 17.0. The molecule has 26 heavy (non-hydrogen) atoms. The highest BCUT2D eigenvalue weighted by molar-refractivity contribution is 5.92. The lowest BCUT2D eigenvalue weighted by Crippen LogP contribution is -2.42. The third-order valence-corrected chi connectivity index (χ3v) is 5.49. The highest BCUT2D eigenvalue weighted by atomic mass is 16.2. The maximum Gasteiger partial charge on any atom is 0.276 e. The molecule has 1 atom stereocenters. The number of carbonyl (C=O) groups excluding carboxylic acids is 1. The Morgan fingerprint density at radius 2 is 2.00 bits per heavy atom. The molecule has 0 aliphatic carbocycles. The summed E-state index contributed by atoms with van der Waals surface area (Å²) >= 11 is 0. The average Bonchev–Trinajstić information content (AvgIpc) is 3.12. The van der Waals surface area contributed by atoms with Crippen molar-refractivity contribution in [2.75, 3.05) is 31.6 Å². The number of fused-ring (bicyclic) bond motifs is 1. The fourth-order valence-electron chi connectivity index (χ4n) is 3.99. The van der Waals surface area contributed by atoms with Gasteiger partial charge in [-0.05, 0) is 44.5 Å². The van der Waals surface area contributed by atoms with Gasteiger partial charge in [-0.2, -0.15) is 0 Å². The monoisotopic (exact) mass is 354 g/mol. The van der Waals surface area contributed by atoms with E-state index < -0.39 is 0 Å². The van der Waals surface area contributed by atoms with E-state index in [2.05, 4.69) is 46.6 Å². The first-order valence-corrected chi connectivity index (χ1v) is 9.36. The lowest BCUT2D eigenvalue weighted by molar-refractivity contribution is 0.0681. The van der Waals surface area contributed by atoms with E-state index >= 15 is 0 Å². The number of benzene rings is 1. The number of nitrogens with zero attached hydrogens (tertiary/aromatic N) is 5. The van der Waals surface area contributed by atoms with Crippen molar-refractivity contribution in [3.63, 3.8) is 0 Å². The minimum absolute atomic E-state index is 0.0391. The quantitative estimate of drug-likeness (QED) is 0.889. The van der Waals surface area contributed by atoms with E-state index in [1.807, 2.05) is 27.9 Å². The second kappa shape index (κ2) is 7.07. The predicted octanol–water partition coefficient (Wildman–Crippen LogP) is 1.68. The summed E-state index contributed by atoms with van der Waals surface area (Å²) in [6.45, 7) is 5.46. The third kappa shape index (κ3) is 3.19. The SMILES string of the molecule is C[C@H]1CN(C)c2ccccc2CN1C(=O)c1cn(C2CCNCC2)nn1. The first-order valence-electron chi connectivity index (χ1n) is 9.36. The number of aromatic nitrogens is 3. The second-order valence-electron chi connectivity index (χ2n) is 7.36. The van der Waals surface area contributed by atoms with Crippen molar-refractivity contribution in [3.8, 4) is 0 Å². The van der Waals surface area contributed by atoms with Crippen LogP contribution in [0.2, 0.25) is 0 Å². The largest absolute Gasteiger partial charge is 0.372 e. The molecule has 0 spiro atoms. The van der Waals surface area contributed by atoms with Gasteiger partial charge < -0.3 is 15.1 Å². The van der Waals surface area contributed by atoms with E-state index in [-0.39, 0.29) is 11.9 Å². The van der Waals surface area contributed by atoms with Crippen molar-refractivity contribution in [1.29, 1.82) is 0 Å². The summed E-state index contributed by atoms with van der Waals surface area (Å²) in [7, 11) is 2.08. The molecule has 0 radical (unpaired) electrons. The standard InChI is InChI=1S/C19H26N6O/c1-14-11-23(2)18-6-4-3-5-15(18)12-24(14)19(26)17-13-25(22-21-17)16-7-9-20-10-8-16/h3-6,13-14,16,20H,7-12H2,1-2H3/t14-/m0/s1. The zero-order valence-corrected chi connectivity index (χ0v) is 15.4. The summed E-state index contributed by atoms with van der Waals surface area (Å²) in [4.78, 5) is 17.3. The third-order valence-electron chi connectivity index (χ3n) is 5.49. The molecule has 1 N–H and O–H groups in total. The molecule has 1 aromatic carbocycles. The molecule has 138 valence electrons. The van der Waals surface area contributed by atoms with E-state index in [4.69, 9.17) is 0 Å². The Bertz CT molecular complexity index is 782. The van der Waals surface area contributed by atoms with Crippen molar-refractivity contribution in [2.45, 2.75) is 38.4 Å². The lowest BCUT2D eigenvalue weighted by atomic mass is 10.1. The maximum atomic E-state index is 13.2. The number of para-hydroxylation sites is 1. The summed E-state index contributed by atoms with van der Waals surface area (Å²) in [6, 6.07) is 8.71. The number of nitrogens with one attached hydrogen (secondary N) is 1. The summed E-state index contributed by atoms with van der Waals surface area (Å²) in [5.74, 6) is -0.0391. The highest BCUT2D eigenvalue weighted by Crippen LogP contribution is 2.27. The first-order chi connectivity index (χ1) is 12.6. The van der Waals surface area contributed by atoms with Crippen LogP contribution in [0.15, 0.2) is 30.5 Å². The van der Waals surface area contributed by atoms with E-state index in [0.29, 0.717) is 18.3 Å². The Morgan fingerprint density at radius 3 is 2.81 bits per heavy atom. The minimum atomic E-state index is -0.0391. The highest BCUT2D eigenvalue weighted by Gasteiger charge is 2.29. The molecule has 0 bridgehead atoms. The number of rotatable bonds is 2. The number of likely N-dealkylation sites (N-methyl/N-ethyl adjacent to an activating group) is 1. The molecule has 4 rings (SSSR count). The van der Waals surface area contributed by atoms with Crippen molar-refractivity contribution >= 4 is 11.6 Å². The maximum absolute atomic E-state index is 13.2. The average molecular weight is 354 g/mol. The predicted molar refractivity (Wildman–Crippen MR) is 100 cm³/mol. The summed E-state index contributed by atoms with van der Waals surface area (Å²) in [5.41, 5.74) is 2.80. The van der Waals surface area contributed by atoms with E-state index in [9.17, 15) is 4.79 Å². The Hall–Kier alpha value is -2.41. The lowest BCUT2D eigenvalue weighted by Gasteiger charge is -2.27. The molecule has 2 aromatic rings. The zero-order chi connectivity index (χ0) is 18.1. The van der Waals surface area contributed by atoms with Gasteiger partial charge >= 0.3 is 0 Å². The molecule has 2 aliphatic rings. The Balaban J connectivity index is 1.56. The van der Waals surface area contributed by atoms with Crippen LogP contribution in [0, 0.1) is 0 Å². The fourth-order valence-corrected chi connectivity index (χ4v) is 3.99. The van der Waals surface area contributed by atoms with Crippen LogP contribution >= 0.6 is 0 Å². The molecule has 1 aromatic heterocycles. The van der Waals surface area contributed by atoms with Crippen LogP contribution in [0.4, 0.5) is 5.69 Å². The number of piperidine rings is 1. The van der Waals surface area contributed by atoms with Gasteiger partial charge in [-0.1, -0.05) is 23.4 Å². The van der Waals surface area contributed by atoms with E-state index in [0.717, 1.165) is 32.5 Å². The van der Waals surface area contributed by atoms with Crippen molar-refractivity contribution in [3.05, 3.63) is 41.7 Å². The number of anilines is 1. The molecule has 0 unspecified atom stereocenters. The molecule has 0 saturated carbocycles. The van der Waals surface area contributed by atoms with Gasteiger partial charge in [-0.25, -0.2) is 4.68 Å². The smallest absolute Gasteiger partial charge is 0.276 e. The normalized spacial score (nSPS) is 21.4. The molecule has 7 heteroatoms. The molecular weight excluding hydrogens is 328 g/mol. The number of hydrogen-bond acceptors (Lipinski definition) is 5. The molecule has 1 saturated heterocycles. The van der Waals surface area contributed by atoms with Gasteiger partial charge in [0.2, 0.25) is 0 Å². The molecular formula is C19H26N6O. The molecule has 3 heterocycles. The number of hydrogen-bond donors (Lipinski definition) is 1. The zero-order valence-electron chi connectivity index (χ0n) is 15.4. The van der Waals surface area contributed by atoms with Crippen molar-refractivity contribution < 1.29 is 4.79 Å². The van der Waals surface area contributed by atoms with E-state index in [1.165, 1.54) is 11.3 Å². The summed E-state index contributed by atoms with van der Waals surface area (Å²) < 4.78 is 1.87. The molecule has 1 amide bonds. The second-order valence-corrected chi connectivity index (χ2v) is 7.36. The Labute approximate surface area is 154 Å². The molecule has 7 nitrogen and oxygen atoms in total. The minimum Gasteiger partial charge on any atom is -0.372 e. The van der Waals surface area contributed by atoms with Crippen LogP contribution in [0.1, 0.15) is 41.9 Å². The molecule has 1 fully saturated rings. The van der Waals surface area contributed by atoms with Gasteiger partial charge in [0.15, 0.2) is 5.69 Å².